The lowest BCUT2D eigenvalue weighted by Gasteiger charge is -2.07. The predicted octanol–water partition coefficient (Wildman–Crippen LogP) is 4.33. The van der Waals surface area contributed by atoms with Crippen molar-refractivity contribution in [2.45, 2.75) is 0 Å². The maximum absolute atomic E-state index is 12.1. The van der Waals surface area contributed by atoms with Crippen molar-refractivity contribution in [2.75, 3.05) is 13.2 Å². The maximum Gasteiger partial charge on any atom is 0.263 e. The van der Waals surface area contributed by atoms with Gasteiger partial charge in [-0.25, -0.2) is 4.98 Å². The van der Waals surface area contributed by atoms with Crippen LogP contribution in [0, 0.1) is 0 Å². The largest absolute Gasteiger partial charge is 0.492 e. The Bertz CT molecular complexity index is 787. The summed E-state index contributed by atoms with van der Waals surface area (Å²) < 4.78 is 5.53. The second-order valence-corrected chi connectivity index (χ2v) is 6.98. The molecule has 1 N–H and O–H groups in total. The van der Waals surface area contributed by atoms with Crippen LogP contribution in [0.3, 0.4) is 0 Å². The van der Waals surface area contributed by atoms with E-state index in [-0.39, 0.29) is 5.91 Å². The molecule has 4 nitrogen and oxygen atoms in total. The fraction of sp³-hybridized carbons (Fsp3) is 0.125. The lowest BCUT2D eigenvalue weighted by atomic mass is 10.3. The van der Waals surface area contributed by atoms with Crippen LogP contribution in [-0.2, 0) is 0 Å². The molecule has 0 unspecified atom stereocenters. The average Bonchev–Trinajstić information content (AvgIpc) is 3.21. The summed E-state index contributed by atoms with van der Waals surface area (Å²) in [5, 5.41) is 6.29. The van der Waals surface area contributed by atoms with Gasteiger partial charge < -0.3 is 10.1 Å². The van der Waals surface area contributed by atoms with E-state index >= 15 is 0 Å². The van der Waals surface area contributed by atoms with Crippen LogP contribution in [-0.4, -0.2) is 24.0 Å². The molecule has 0 aliphatic rings. The van der Waals surface area contributed by atoms with Crippen LogP contribution >= 0.6 is 34.3 Å². The molecule has 2 aromatic heterocycles. The zero-order chi connectivity index (χ0) is 16.1. The van der Waals surface area contributed by atoms with E-state index in [2.05, 4.69) is 10.3 Å². The van der Waals surface area contributed by atoms with Crippen molar-refractivity contribution >= 4 is 40.2 Å². The molecule has 0 saturated carbocycles. The van der Waals surface area contributed by atoms with Gasteiger partial charge in [-0.2, -0.15) is 0 Å². The fourth-order valence-corrected chi connectivity index (χ4v) is 3.69. The summed E-state index contributed by atoms with van der Waals surface area (Å²) in [5.74, 6) is 0.546. The number of halogens is 1. The summed E-state index contributed by atoms with van der Waals surface area (Å²) in [5.41, 5.74) is 0. The first kappa shape index (κ1) is 16.0. The number of carbonyl (C=O) groups is 1. The molecule has 2 heterocycles. The summed E-state index contributed by atoms with van der Waals surface area (Å²) in [6.45, 7) is 0.792. The first-order valence-corrected chi connectivity index (χ1v) is 8.96. The third-order valence-electron chi connectivity index (χ3n) is 2.91. The molecule has 0 atom stereocenters. The minimum atomic E-state index is -0.139. The van der Waals surface area contributed by atoms with E-state index in [1.54, 1.807) is 29.7 Å². The second kappa shape index (κ2) is 7.59. The van der Waals surface area contributed by atoms with E-state index in [4.69, 9.17) is 16.3 Å². The number of ether oxygens (including phenoxy) is 1. The number of hydrogen-bond acceptors (Lipinski definition) is 5. The van der Waals surface area contributed by atoms with Crippen LogP contribution in [0.4, 0.5) is 0 Å². The van der Waals surface area contributed by atoms with Crippen molar-refractivity contribution in [2.24, 2.45) is 0 Å². The Labute approximate surface area is 146 Å². The van der Waals surface area contributed by atoms with Gasteiger partial charge in [0.2, 0.25) is 0 Å². The minimum absolute atomic E-state index is 0.139. The number of aromatic nitrogens is 1. The van der Waals surface area contributed by atoms with Gasteiger partial charge in [0.15, 0.2) is 0 Å². The molecule has 0 fully saturated rings. The summed E-state index contributed by atoms with van der Waals surface area (Å²) in [6.07, 6.45) is 1.60. The van der Waals surface area contributed by atoms with Crippen molar-refractivity contribution < 1.29 is 9.53 Å². The molecule has 0 aliphatic carbocycles. The number of nitrogens with zero attached hydrogens (tertiary/aromatic N) is 1. The summed E-state index contributed by atoms with van der Waals surface area (Å²) in [7, 11) is 0. The van der Waals surface area contributed by atoms with Crippen molar-refractivity contribution in [3.05, 3.63) is 57.9 Å². The number of nitrogens with one attached hydrogen (secondary N) is 1. The van der Waals surface area contributed by atoms with Crippen LogP contribution in [0.2, 0.25) is 5.02 Å². The van der Waals surface area contributed by atoms with Crippen molar-refractivity contribution in [1.29, 1.82) is 0 Å². The molecular formula is C16H13ClN2O2S2. The monoisotopic (exact) mass is 364 g/mol. The Morgan fingerprint density at radius 3 is 3.00 bits per heavy atom. The van der Waals surface area contributed by atoms with Gasteiger partial charge in [-0.15, -0.1) is 22.7 Å². The molecular weight excluding hydrogens is 352 g/mol. The van der Waals surface area contributed by atoms with E-state index in [9.17, 15) is 4.79 Å². The van der Waals surface area contributed by atoms with Crippen LogP contribution in [0.1, 0.15) is 9.67 Å². The number of amides is 1. The fourth-order valence-electron chi connectivity index (χ4n) is 1.87. The number of hydrogen-bond donors (Lipinski definition) is 1. The van der Waals surface area contributed by atoms with Crippen LogP contribution in [0.25, 0.3) is 9.88 Å². The Morgan fingerprint density at radius 2 is 2.22 bits per heavy atom. The highest BCUT2D eigenvalue weighted by atomic mass is 35.5. The zero-order valence-corrected chi connectivity index (χ0v) is 14.4. The lowest BCUT2D eigenvalue weighted by Crippen LogP contribution is -2.27. The highest BCUT2D eigenvalue weighted by molar-refractivity contribution is 7.21. The molecule has 118 valence electrons. The highest BCUT2D eigenvalue weighted by Gasteiger charge is 2.11. The summed E-state index contributed by atoms with van der Waals surface area (Å²) >= 11 is 8.87. The van der Waals surface area contributed by atoms with E-state index < -0.39 is 0 Å². The third kappa shape index (κ3) is 4.31. The van der Waals surface area contributed by atoms with Gasteiger partial charge in [0.1, 0.15) is 22.2 Å². The van der Waals surface area contributed by atoms with Crippen LogP contribution in [0.5, 0.6) is 5.75 Å². The molecule has 23 heavy (non-hydrogen) atoms. The quantitative estimate of drug-likeness (QED) is 0.662. The maximum atomic E-state index is 12.1. The number of thiophene rings is 1. The third-order valence-corrected chi connectivity index (χ3v) is 5.18. The van der Waals surface area contributed by atoms with Crippen LogP contribution < -0.4 is 10.1 Å². The molecule has 0 bridgehead atoms. The minimum Gasteiger partial charge on any atom is -0.492 e. The number of carbonyl (C=O) groups excluding carboxylic acids is 1. The van der Waals surface area contributed by atoms with Gasteiger partial charge in [0, 0.05) is 5.02 Å². The molecule has 0 aliphatic heterocycles. The van der Waals surface area contributed by atoms with Crippen molar-refractivity contribution in [1.82, 2.24) is 10.3 Å². The van der Waals surface area contributed by atoms with E-state index in [0.29, 0.717) is 28.8 Å². The lowest BCUT2D eigenvalue weighted by molar-refractivity contribution is 0.0951. The highest BCUT2D eigenvalue weighted by Crippen LogP contribution is 2.28. The summed E-state index contributed by atoms with van der Waals surface area (Å²) in [6, 6.07) is 11.1. The van der Waals surface area contributed by atoms with Crippen molar-refractivity contribution in [3.63, 3.8) is 0 Å². The Kier molecular flexibility index (Phi) is 5.27. The molecule has 0 radical (unpaired) electrons. The van der Waals surface area contributed by atoms with E-state index in [1.165, 1.54) is 11.3 Å². The first-order valence-electron chi connectivity index (χ1n) is 6.88. The molecule has 0 saturated heterocycles. The van der Waals surface area contributed by atoms with E-state index in [1.807, 2.05) is 29.6 Å². The van der Waals surface area contributed by atoms with Gasteiger partial charge in [-0.1, -0.05) is 23.7 Å². The Hall–Kier alpha value is -1.89. The smallest absolute Gasteiger partial charge is 0.263 e. The van der Waals surface area contributed by atoms with Crippen LogP contribution in [0.15, 0.2) is 48.0 Å². The molecule has 1 amide bonds. The van der Waals surface area contributed by atoms with Gasteiger partial charge in [0.25, 0.3) is 5.91 Å². The SMILES string of the molecule is O=C(NCCOc1cccc(Cl)c1)c1cnc(-c2cccs2)s1. The predicted molar refractivity (Wildman–Crippen MR) is 94.7 cm³/mol. The molecule has 7 heteroatoms. The summed E-state index contributed by atoms with van der Waals surface area (Å²) in [4.78, 5) is 18.0. The zero-order valence-electron chi connectivity index (χ0n) is 12.0. The average molecular weight is 365 g/mol. The second-order valence-electron chi connectivity index (χ2n) is 4.57. The molecule has 1 aromatic carbocycles. The molecule has 3 rings (SSSR count). The van der Waals surface area contributed by atoms with Gasteiger partial charge in [-0.05, 0) is 29.6 Å². The number of rotatable bonds is 6. The topological polar surface area (TPSA) is 51.2 Å². The number of benzene rings is 1. The standard InChI is InChI=1S/C16H13ClN2O2S2/c17-11-3-1-4-12(9-11)21-7-6-18-15(20)14-10-19-16(23-14)13-5-2-8-22-13/h1-5,8-10H,6-7H2,(H,18,20). The Morgan fingerprint density at radius 1 is 1.30 bits per heavy atom. The number of thiazole rings is 1. The van der Waals surface area contributed by atoms with Gasteiger partial charge in [-0.3, -0.25) is 4.79 Å². The van der Waals surface area contributed by atoms with E-state index in [0.717, 1.165) is 9.88 Å². The normalized spacial score (nSPS) is 10.5. The molecule has 3 aromatic rings. The molecule has 0 spiro atoms. The Balaban J connectivity index is 1.48. The van der Waals surface area contributed by atoms with Gasteiger partial charge >= 0.3 is 0 Å². The van der Waals surface area contributed by atoms with Crippen molar-refractivity contribution in [3.8, 4) is 15.6 Å². The van der Waals surface area contributed by atoms with Gasteiger partial charge in [0.05, 0.1) is 17.6 Å². The first-order chi connectivity index (χ1) is 11.2.